The Morgan fingerprint density at radius 1 is 1.05 bits per heavy atom. The minimum atomic E-state index is -2.98. The Bertz CT molecular complexity index is 655. The molecule has 106 valence electrons. The fraction of sp³-hybridized carbons (Fsp3) is 0.200. The summed E-state index contributed by atoms with van der Waals surface area (Å²) in [5.41, 5.74) is 3.12. The Morgan fingerprint density at radius 3 is 2.30 bits per heavy atom. The molecule has 0 spiro atoms. The van der Waals surface area contributed by atoms with Crippen molar-refractivity contribution in [2.75, 3.05) is 11.8 Å². The first-order valence-electron chi connectivity index (χ1n) is 6.24. The Kier molecular flexibility index (Phi) is 4.42. The summed E-state index contributed by atoms with van der Waals surface area (Å²) in [6, 6.07) is 12.6. The number of aryl methyl sites for hydroxylation is 2. The zero-order valence-electron chi connectivity index (χ0n) is 11.7. The van der Waals surface area contributed by atoms with Gasteiger partial charge in [0.25, 0.3) is 0 Å². The highest BCUT2D eigenvalue weighted by Gasteiger charge is 2.17. The molecule has 0 amide bonds. The van der Waals surface area contributed by atoms with Crippen LogP contribution >= 0.6 is 19.1 Å². The molecule has 0 aliphatic rings. The third kappa shape index (κ3) is 4.03. The first-order valence-corrected chi connectivity index (χ1v) is 8.69. The summed E-state index contributed by atoms with van der Waals surface area (Å²) in [7, 11) is -2.98. The first-order chi connectivity index (χ1) is 9.35. The van der Waals surface area contributed by atoms with Crippen LogP contribution in [0.5, 0.6) is 5.75 Å². The van der Waals surface area contributed by atoms with E-state index in [4.69, 9.17) is 16.1 Å². The summed E-state index contributed by atoms with van der Waals surface area (Å²) in [4.78, 5) is 0. The molecule has 0 bridgehead atoms. The zero-order chi connectivity index (χ0) is 14.8. The fourth-order valence-corrected chi connectivity index (χ4v) is 3.07. The van der Waals surface area contributed by atoms with E-state index >= 15 is 0 Å². The first kappa shape index (κ1) is 15.0. The molecule has 0 aliphatic heterocycles. The smallest absolute Gasteiger partial charge is 0.338 e. The van der Waals surface area contributed by atoms with Gasteiger partial charge in [0.2, 0.25) is 0 Å². The maximum Gasteiger partial charge on any atom is 0.338 e. The lowest BCUT2D eigenvalue weighted by Crippen LogP contribution is -2.02. The molecule has 0 heterocycles. The van der Waals surface area contributed by atoms with Crippen molar-refractivity contribution >= 4 is 24.8 Å². The lowest BCUT2D eigenvalue weighted by Gasteiger charge is -2.18. The van der Waals surface area contributed by atoms with Crippen LogP contribution in [0, 0.1) is 13.8 Å². The van der Waals surface area contributed by atoms with Crippen molar-refractivity contribution in [1.82, 2.24) is 0 Å². The van der Waals surface area contributed by atoms with Crippen molar-refractivity contribution in [3.8, 4) is 5.75 Å². The minimum Gasteiger partial charge on any atom is -0.429 e. The van der Waals surface area contributed by atoms with E-state index in [1.807, 2.05) is 32.0 Å². The highest BCUT2D eigenvalue weighted by atomic mass is 35.5. The highest BCUT2D eigenvalue weighted by Crippen LogP contribution is 2.43. The molecule has 0 aliphatic carbocycles. The minimum absolute atomic E-state index is 0.525. The molecule has 20 heavy (non-hydrogen) atoms. The molecule has 2 rings (SSSR count). The fourth-order valence-electron chi connectivity index (χ4n) is 1.76. The lowest BCUT2D eigenvalue weighted by atomic mass is 10.1. The van der Waals surface area contributed by atoms with Crippen molar-refractivity contribution < 1.29 is 9.09 Å². The van der Waals surface area contributed by atoms with Crippen LogP contribution in [0.25, 0.3) is 0 Å². The SMILES string of the molecule is Cc1ccc(N[P@](C)(=O)Oc2ccc(Cl)cc2)cc1C. The summed E-state index contributed by atoms with van der Waals surface area (Å²) in [6.07, 6.45) is 0. The molecule has 0 saturated heterocycles. The molecule has 1 atom stereocenters. The van der Waals surface area contributed by atoms with E-state index in [9.17, 15) is 4.57 Å². The van der Waals surface area contributed by atoms with Gasteiger partial charge >= 0.3 is 7.52 Å². The Labute approximate surface area is 124 Å². The summed E-state index contributed by atoms with van der Waals surface area (Å²) < 4.78 is 18.0. The van der Waals surface area contributed by atoms with Crippen molar-refractivity contribution in [2.24, 2.45) is 0 Å². The molecule has 0 saturated carbocycles. The second-order valence-corrected chi connectivity index (χ2v) is 7.34. The predicted molar refractivity (Wildman–Crippen MR) is 85.1 cm³/mol. The van der Waals surface area contributed by atoms with Crippen LogP contribution in [0.4, 0.5) is 5.69 Å². The van der Waals surface area contributed by atoms with E-state index in [-0.39, 0.29) is 0 Å². The molecule has 5 heteroatoms. The molecule has 2 aromatic carbocycles. The molecule has 1 N–H and O–H groups in total. The van der Waals surface area contributed by atoms with Crippen LogP contribution in [0.1, 0.15) is 11.1 Å². The van der Waals surface area contributed by atoms with Crippen LogP contribution < -0.4 is 9.61 Å². The van der Waals surface area contributed by atoms with Crippen molar-refractivity contribution in [2.45, 2.75) is 13.8 Å². The average Bonchev–Trinajstić information content (AvgIpc) is 2.36. The van der Waals surface area contributed by atoms with Crippen LogP contribution in [-0.4, -0.2) is 6.66 Å². The number of hydrogen-bond acceptors (Lipinski definition) is 2. The van der Waals surface area contributed by atoms with Gasteiger partial charge in [-0.05, 0) is 61.4 Å². The van der Waals surface area contributed by atoms with Gasteiger partial charge in [-0.15, -0.1) is 0 Å². The summed E-state index contributed by atoms with van der Waals surface area (Å²) in [5.74, 6) is 0.525. The van der Waals surface area contributed by atoms with Crippen molar-refractivity contribution in [1.29, 1.82) is 0 Å². The monoisotopic (exact) mass is 309 g/mol. The van der Waals surface area contributed by atoms with E-state index in [0.29, 0.717) is 10.8 Å². The summed E-state index contributed by atoms with van der Waals surface area (Å²) in [6.45, 7) is 5.60. The van der Waals surface area contributed by atoms with Crippen LogP contribution in [0.2, 0.25) is 5.02 Å². The van der Waals surface area contributed by atoms with Gasteiger partial charge in [-0.1, -0.05) is 17.7 Å². The van der Waals surface area contributed by atoms with E-state index in [0.717, 1.165) is 11.3 Å². The van der Waals surface area contributed by atoms with Crippen molar-refractivity contribution in [3.05, 3.63) is 58.6 Å². The van der Waals surface area contributed by atoms with Crippen LogP contribution in [0.15, 0.2) is 42.5 Å². The molecule has 0 unspecified atom stereocenters. The van der Waals surface area contributed by atoms with Gasteiger partial charge in [0, 0.05) is 17.4 Å². The molecule has 0 aromatic heterocycles. The van der Waals surface area contributed by atoms with Gasteiger partial charge in [-0.3, -0.25) is 4.57 Å². The Balaban J connectivity index is 2.12. The van der Waals surface area contributed by atoms with Crippen molar-refractivity contribution in [3.63, 3.8) is 0 Å². The maximum atomic E-state index is 12.5. The third-order valence-electron chi connectivity index (χ3n) is 2.93. The number of benzene rings is 2. The summed E-state index contributed by atoms with van der Waals surface area (Å²) in [5, 5.41) is 3.57. The topological polar surface area (TPSA) is 38.3 Å². The van der Waals surface area contributed by atoms with Gasteiger partial charge in [0.15, 0.2) is 0 Å². The number of nitrogens with one attached hydrogen (secondary N) is 1. The Hall–Kier alpha value is -1.44. The standard InChI is InChI=1S/C15H17ClNO2P/c1-11-4-7-14(10-12(11)2)17-20(3,18)19-15-8-5-13(16)6-9-15/h4-10H,1-3H3,(H,17,18)/t20-/m1/s1. The number of rotatable bonds is 4. The maximum absolute atomic E-state index is 12.5. The van der Waals surface area contributed by atoms with E-state index in [2.05, 4.69) is 5.09 Å². The Morgan fingerprint density at radius 2 is 1.70 bits per heavy atom. The van der Waals surface area contributed by atoms with Gasteiger partial charge < -0.3 is 9.61 Å². The number of halogens is 1. The zero-order valence-corrected chi connectivity index (χ0v) is 13.3. The molecular formula is C15H17ClNO2P. The summed E-state index contributed by atoms with van der Waals surface area (Å²) >= 11 is 5.80. The van der Waals surface area contributed by atoms with E-state index < -0.39 is 7.52 Å². The lowest BCUT2D eigenvalue weighted by molar-refractivity contribution is 0.493. The highest BCUT2D eigenvalue weighted by molar-refractivity contribution is 7.60. The van der Waals surface area contributed by atoms with Gasteiger partial charge in [0.1, 0.15) is 5.75 Å². The molecule has 3 nitrogen and oxygen atoms in total. The van der Waals surface area contributed by atoms with Gasteiger partial charge in [0.05, 0.1) is 0 Å². The quantitative estimate of drug-likeness (QED) is 0.782. The van der Waals surface area contributed by atoms with Crippen LogP contribution in [-0.2, 0) is 4.57 Å². The molecule has 2 aromatic rings. The molecular weight excluding hydrogens is 293 g/mol. The normalized spacial score (nSPS) is 13.6. The van der Waals surface area contributed by atoms with Crippen LogP contribution in [0.3, 0.4) is 0 Å². The number of anilines is 1. The largest absolute Gasteiger partial charge is 0.429 e. The predicted octanol–water partition coefficient (Wildman–Crippen LogP) is 5.27. The van der Waals surface area contributed by atoms with E-state index in [1.54, 1.807) is 30.9 Å². The van der Waals surface area contributed by atoms with Gasteiger partial charge in [-0.25, -0.2) is 0 Å². The number of hydrogen-bond donors (Lipinski definition) is 1. The molecule has 0 fully saturated rings. The molecule has 0 radical (unpaired) electrons. The second-order valence-electron chi connectivity index (χ2n) is 4.80. The average molecular weight is 310 g/mol. The third-order valence-corrected chi connectivity index (χ3v) is 4.41. The second kappa shape index (κ2) is 5.90. The van der Waals surface area contributed by atoms with Gasteiger partial charge in [-0.2, -0.15) is 0 Å². The van der Waals surface area contributed by atoms with E-state index in [1.165, 1.54) is 5.56 Å².